The van der Waals surface area contributed by atoms with Crippen LogP contribution in [0, 0.1) is 5.82 Å². The monoisotopic (exact) mass is 385 g/mol. The van der Waals surface area contributed by atoms with Crippen molar-refractivity contribution in [3.8, 4) is 11.1 Å². The molecule has 1 fully saturated rings. The molecule has 0 bridgehead atoms. The van der Waals surface area contributed by atoms with Gasteiger partial charge in [0.1, 0.15) is 11.6 Å². The molecular formula is C20H20FN3O2S. The SMILES string of the molecule is CS(=O)(=O)N1CCN(c2ccc3cccc(-c4ccc(F)cc4)c3n2)CC1. The fourth-order valence-electron chi connectivity index (χ4n) is 3.42. The van der Waals surface area contributed by atoms with Crippen LogP contribution in [-0.2, 0) is 10.0 Å². The molecule has 2 aromatic carbocycles. The zero-order chi connectivity index (χ0) is 19.0. The van der Waals surface area contributed by atoms with Crippen molar-refractivity contribution in [2.45, 2.75) is 0 Å². The molecule has 1 aliphatic heterocycles. The Morgan fingerprint density at radius 2 is 1.63 bits per heavy atom. The molecule has 0 unspecified atom stereocenters. The molecule has 0 N–H and O–H groups in total. The zero-order valence-electron chi connectivity index (χ0n) is 15.0. The average molecular weight is 385 g/mol. The highest BCUT2D eigenvalue weighted by Gasteiger charge is 2.24. The molecule has 1 aliphatic rings. The number of halogens is 1. The predicted octanol–water partition coefficient (Wildman–Crippen LogP) is 3.12. The standard InChI is InChI=1S/C20H20FN3O2S/c1-27(25,26)24-13-11-23(12-14-24)19-10-7-16-3-2-4-18(20(16)22-19)15-5-8-17(21)9-6-15/h2-10H,11-14H2,1H3. The topological polar surface area (TPSA) is 53.5 Å². The first-order chi connectivity index (χ1) is 12.9. The summed E-state index contributed by atoms with van der Waals surface area (Å²) in [4.78, 5) is 6.95. The molecule has 0 atom stereocenters. The van der Waals surface area contributed by atoms with E-state index in [9.17, 15) is 12.8 Å². The molecule has 7 heteroatoms. The van der Waals surface area contributed by atoms with Gasteiger partial charge in [0.25, 0.3) is 0 Å². The maximum atomic E-state index is 13.3. The number of nitrogens with zero attached hydrogens (tertiary/aromatic N) is 3. The van der Waals surface area contributed by atoms with Crippen LogP contribution in [0.25, 0.3) is 22.0 Å². The van der Waals surface area contributed by atoms with Crippen molar-refractivity contribution < 1.29 is 12.8 Å². The van der Waals surface area contributed by atoms with Gasteiger partial charge in [0.15, 0.2) is 0 Å². The number of aromatic nitrogens is 1. The number of sulfonamides is 1. The van der Waals surface area contributed by atoms with Gasteiger partial charge in [-0.25, -0.2) is 17.8 Å². The number of anilines is 1. The fourth-order valence-corrected chi connectivity index (χ4v) is 4.25. The maximum absolute atomic E-state index is 13.3. The third-order valence-corrected chi connectivity index (χ3v) is 6.20. The second-order valence-corrected chi connectivity index (χ2v) is 8.69. The molecule has 2 heterocycles. The summed E-state index contributed by atoms with van der Waals surface area (Å²) in [6, 6.07) is 16.3. The first-order valence-corrected chi connectivity index (χ1v) is 10.6. The largest absolute Gasteiger partial charge is 0.354 e. The Bertz CT molecular complexity index is 1080. The van der Waals surface area contributed by atoms with Crippen LogP contribution < -0.4 is 4.90 Å². The molecule has 0 amide bonds. The second-order valence-electron chi connectivity index (χ2n) is 6.70. The predicted molar refractivity (Wildman–Crippen MR) is 106 cm³/mol. The second kappa shape index (κ2) is 6.90. The summed E-state index contributed by atoms with van der Waals surface area (Å²) in [6.07, 6.45) is 1.24. The van der Waals surface area contributed by atoms with Crippen molar-refractivity contribution >= 4 is 26.7 Å². The number of benzene rings is 2. The van der Waals surface area contributed by atoms with Gasteiger partial charge in [-0.05, 0) is 29.8 Å². The maximum Gasteiger partial charge on any atom is 0.211 e. The Labute approximate surface area is 158 Å². The van der Waals surface area contributed by atoms with E-state index >= 15 is 0 Å². The summed E-state index contributed by atoms with van der Waals surface area (Å²) < 4.78 is 38.2. The zero-order valence-corrected chi connectivity index (χ0v) is 15.8. The molecule has 0 spiro atoms. The van der Waals surface area contributed by atoms with Crippen molar-refractivity contribution in [1.82, 2.24) is 9.29 Å². The highest BCUT2D eigenvalue weighted by Crippen LogP contribution is 2.29. The molecule has 4 rings (SSSR count). The van der Waals surface area contributed by atoms with E-state index in [1.807, 2.05) is 30.3 Å². The first kappa shape index (κ1) is 17.9. The minimum absolute atomic E-state index is 0.267. The Hall–Kier alpha value is -2.51. The first-order valence-electron chi connectivity index (χ1n) is 8.77. The van der Waals surface area contributed by atoms with Gasteiger partial charge < -0.3 is 4.90 Å². The summed E-state index contributed by atoms with van der Waals surface area (Å²) in [7, 11) is -3.16. The molecule has 0 radical (unpaired) electrons. The lowest BCUT2D eigenvalue weighted by Gasteiger charge is -2.34. The van der Waals surface area contributed by atoms with Gasteiger partial charge in [0.05, 0.1) is 11.8 Å². The third-order valence-electron chi connectivity index (χ3n) is 4.89. The number of hydrogen-bond acceptors (Lipinski definition) is 4. The van der Waals surface area contributed by atoms with Gasteiger partial charge in [0, 0.05) is 37.1 Å². The van der Waals surface area contributed by atoms with Crippen LogP contribution in [0.5, 0.6) is 0 Å². The van der Waals surface area contributed by atoms with Crippen LogP contribution >= 0.6 is 0 Å². The lowest BCUT2D eigenvalue weighted by molar-refractivity contribution is 0.387. The molecule has 140 valence electrons. The number of fused-ring (bicyclic) bond motifs is 1. The van der Waals surface area contributed by atoms with Crippen molar-refractivity contribution in [3.63, 3.8) is 0 Å². The molecule has 1 aromatic heterocycles. The summed E-state index contributed by atoms with van der Waals surface area (Å²) in [5.41, 5.74) is 2.71. The molecule has 0 saturated carbocycles. The Morgan fingerprint density at radius 1 is 0.926 bits per heavy atom. The lowest BCUT2D eigenvalue weighted by atomic mass is 10.0. The molecule has 27 heavy (non-hydrogen) atoms. The van der Waals surface area contributed by atoms with Crippen molar-refractivity contribution in [2.75, 3.05) is 37.3 Å². The van der Waals surface area contributed by atoms with E-state index in [1.54, 1.807) is 12.1 Å². The normalized spacial score (nSPS) is 16.0. The van der Waals surface area contributed by atoms with Gasteiger partial charge in [-0.3, -0.25) is 0 Å². The van der Waals surface area contributed by atoms with E-state index in [2.05, 4.69) is 4.90 Å². The van der Waals surface area contributed by atoms with Crippen molar-refractivity contribution in [3.05, 3.63) is 60.4 Å². The smallest absolute Gasteiger partial charge is 0.211 e. The fraction of sp³-hybridized carbons (Fsp3) is 0.250. The van der Waals surface area contributed by atoms with E-state index in [4.69, 9.17) is 4.98 Å². The Kier molecular flexibility index (Phi) is 4.57. The highest BCUT2D eigenvalue weighted by molar-refractivity contribution is 7.88. The van der Waals surface area contributed by atoms with Crippen LogP contribution in [0.4, 0.5) is 10.2 Å². The average Bonchev–Trinajstić information content (AvgIpc) is 2.67. The summed E-state index contributed by atoms with van der Waals surface area (Å²) in [6.45, 7) is 2.12. The van der Waals surface area contributed by atoms with Gasteiger partial charge in [-0.2, -0.15) is 4.31 Å². The number of pyridine rings is 1. The molecular weight excluding hydrogens is 365 g/mol. The number of hydrogen-bond donors (Lipinski definition) is 0. The summed E-state index contributed by atoms with van der Waals surface area (Å²) in [5.74, 6) is 0.557. The van der Waals surface area contributed by atoms with Gasteiger partial charge in [-0.15, -0.1) is 0 Å². The molecule has 1 saturated heterocycles. The number of piperazine rings is 1. The summed E-state index contributed by atoms with van der Waals surface area (Å²) >= 11 is 0. The van der Waals surface area contributed by atoms with Crippen molar-refractivity contribution in [2.24, 2.45) is 0 Å². The summed E-state index contributed by atoms with van der Waals surface area (Å²) in [5, 5.41) is 1.01. The van der Waals surface area contributed by atoms with Crippen LogP contribution in [0.15, 0.2) is 54.6 Å². The molecule has 5 nitrogen and oxygen atoms in total. The Balaban J connectivity index is 1.68. The van der Waals surface area contributed by atoms with E-state index in [1.165, 1.54) is 22.7 Å². The quantitative estimate of drug-likeness (QED) is 0.695. The third kappa shape index (κ3) is 3.65. The lowest BCUT2D eigenvalue weighted by Crippen LogP contribution is -2.48. The van der Waals surface area contributed by atoms with E-state index < -0.39 is 10.0 Å². The minimum Gasteiger partial charge on any atom is -0.354 e. The van der Waals surface area contributed by atoms with Gasteiger partial charge in [-0.1, -0.05) is 30.3 Å². The van der Waals surface area contributed by atoms with Crippen LogP contribution in [-0.4, -0.2) is 50.1 Å². The highest BCUT2D eigenvalue weighted by atomic mass is 32.2. The minimum atomic E-state index is -3.16. The van der Waals surface area contributed by atoms with E-state index in [0.717, 1.165) is 27.8 Å². The number of rotatable bonds is 3. The van der Waals surface area contributed by atoms with Crippen LogP contribution in [0.3, 0.4) is 0 Å². The van der Waals surface area contributed by atoms with Gasteiger partial charge >= 0.3 is 0 Å². The van der Waals surface area contributed by atoms with Crippen LogP contribution in [0.1, 0.15) is 0 Å². The van der Waals surface area contributed by atoms with E-state index in [0.29, 0.717) is 26.2 Å². The van der Waals surface area contributed by atoms with Gasteiger partial charge in [0.2, 0.25) is 10.0 Å². The van der Waals surface area contributed by atoms with Crippen molar-refractivity contribution in [1.29, 1.82) is 0 Å². The Morgan fingerprint density at radius 3 is 2.30 bits per heavy atom. The van der Waals surface area contributed by atoms with Crippen LogP contribution in [0.2, 0.25) is 0 Å². The number of para-hydroxylation sites is 1. The molecule has 3 aromatic rings. The van der Waals surface area contributed by atoms with E-state index in [-0.39, 0.29) is 5.82 Å². The molecule has 0 aliphatic carbocycles.